The highest BCUT2D eigenvalue weighted by Gasteiger charge is 2.23. The molecule has 0 saturated carbocycles. The summed E-state index contributed by atoms with van der Waals surface area (Å²) in [4.78, 5) is 23.8. The average molecular weight is 414 g/mol. The zero-order chi connectivity index (χ0) is 19.5. The molecule has 0 aliphatic heterocycles. The lowest BCUT2D eigenvalue weighted by molar-refractivity contribution is -0.118. The van der Waals surface area contributed by atoms with Gasteiger partial charge in [-0.05, 0) is 48.4 Å². The fraction of sp³-hybridized carbons (Fsp3) is 0.381. The van der Waals surface area contributed by atoms with Crippen molar-refractivity contribution in [2.45, 2.75) is 37.8 Å². The van der Waals surface area contributed by atoms with E-state index in [4.69, 9.17) is 4.74 Å². The Morgan fingerprint density at radius 3 is 2.93 bits per heavy atom. The largest absolute Gasteiger partial charge is 0.497 e. The van der Waals surface area contributed by atoms with Crippen molar-refractivity contribution in [3.8, 4) is 5.75 Å². The second-order valence-electron chi connectivity index (χ2n) is 7.12. The normalized spacial score (nSPS) is 16.0. The van der Waals surface area contributed by atoms with Gasteiger partial charge in [0.25, 0.3) is 0 Å². The number of hydrogen-bond acceptors (Lipinski definition) is 6. The van der Waals surface area contributed by atoms with Crippen molar-refractivity contribution in [3.05, 3.63) is 46.6 Å². The predicted octanol–water partition coefficient (Wildman–Crippen LogP) is 4.23. The first-order chi connectivity index (χ1) is 13.6. The molecule has 7 heteroatoms. The molecule has 1 aliphatic carbocycles. The molecule has 0 radical (unpaired) electrons. The number of fused-ring (bicyclic) bond motifs is 3. The number of carbonyl (C=O) groups excluding carboxylic acids is 1. The van der Waals surface area contributed by atoms with Crippen molar-refractivity contribution in [3.63, 3.8) is 0 Å². The Morgan fingerprint density at radius 1 is 1.32 bits per heavy atom. The van der Waals surface area contributed by atoms with Gasteiger partial charge in [0, 0.05) is 16.8 Å². The molecule has 1 amide bonds. The highest BCUT2D eigenvalue weighted by atomic mass is 32.2. The molecule has 0 fully saturated rings. The Labute approximate surface area is 172 Å². The number of ether oxygens (including phenoxy) is 1. The molecular weight excluding hydrogens is 390 g/mol. The highest BCUT2D eigenvalue weighted by Crippen LogP contribution is 2.40. The van der Waals surface area contributed by atoms with Crippen molar-refractivity contribution < 1.29 is 9.53 Å². The zero-order valence-corrected chi connectivity index (χ0v) is 17.7. The highest BCUT2D eigenvalue weighted by molar-refractivity contribution is 8.00. The van der Waals surface area contributed by atoms with E-state index in [0.29, 0.717) is 12.3 Å². The smallest absolute Gasteiger partial charge is 0.230 e. The Kier molecular flexibility index (Phi) is 5.82. The Balaban J connectivity index is 1.40. The van der Waals surface area contributed by atoms with Crippen LogP contribution in [-0.4, -0.2) is 28.7 Å². The molecule has 146 valence electrons. The summed E-state index contributed by atoms with van der Waals surface area (Å²) in [7, 11) is 1.64. The molecule has 3 aromatic rings. The van der Waals surface area contributed by atoms with Gasteiger partial charge in [0.2, 0.25) is 5.91 Å². The predicted molar refractivity (Wildman–Crippen MR) is 114 cm³/mol. The summed E-state index contributed by atoms with van der Waals surface area (Å²) in [5, 5.41) is 5.07. The number of benzene rings is 1. The Morgan fingerprint density at radius 2 is 2.14 bits per heavy atom. The second-order valence-corrected chi connectivity index (χ2v) is 9.17. The maximum atomic E-state index is 12.3. The molecular formula is C21H23N3O2S2. The molecule has 0 spiro atoms. The van der Waals surface area contributed by atoms with Gasteiger partial charge in [-0.3, -0.25) is 4.79 Å². The third-order valence-electron chi connectivity index (χ3n) is 5.05. The quantitative estimate of drug-likeness (QED) is 0.484. The van der Waals surface area contributed by atoms with E-state index in [1.165, 1.54) is 34.0 Å². The SMILES string of the molecule is COc1ccc(CNC(=O)CSc2ncnc3sc4c(c23)CCC(C)C4)cc1. The Bertz CT molecular complexity index is 985. The number of thiophene rings is 1. The summed E-state index contributed by atoms with van der Waals surface area (Å²) >= 11 is 3.29. The van der Waals surface area contributed by atoms with Gasteiger partial charge in [-0.2, -0.15) is 0 Å². The topological polar surface area (TPSA) is 64.1 Å². The van der Waals surface area contributed by atoms with Gasteiger partial charge in [0.15, 0.2) is 0 Å². The number of aryl methyl sites for hydroxylation is 1. The van der Waals surface area contributed by atoms with Gasteiger partial charge in [-0.25, -0.2) is 9.97 Å². The first-order valence-electron chi connectivity index (χ1n) is 9.41. The van der Waals surface area contributed by atoms with Crippen LogP contribution in [0.4, 0.5) is 0 Å². The van der Waals surface area contributed by atoms with Crippen LogP contribution in [0.3, 0.4) is 0 Å². The molecule has 0 bridgehead atoms. The van der Waals surface area contributed by atoms with E-state index in [9.17, 15) is 4.79 Å². The maximum Gasteiger partial charge on any atom is 0.230 e. The van der Waals surface area contributed by atoms with Crippen LogP contribution in [-0.2, 0) is 24.2 Å². The summed E-state index contributed by atoms with van der Waals surface area (Å²) in [6.07, 6.45) is 5.04. The standard InChI is InChI=1S/C21H23N3O2S2/c1-13-3-8-16-17(9-13)28-21-19(16)20(23-12-24-21)27-11-18(25)22-10-14-4-6-15(26-2)7-5-14/h4-7,12-13H,3,8-11H2,1-2H3,(H,22,25). The second kappa shape index (κ2) is 8.49. The average Bonchev–Trinajstić information content (AvgIpc) is 3.09. The van der Waals surface area contributed by atoms with Crippen molar-refractivity contribution in [1.29, 1.82) is 0 Å². The van der Waals surface area contributed by atoms with Crippen LogP contribution in [0.1, 0.15) is 29.3 Å². The maximum absolute atomic E-state index is 12.3. The third-order valence-corrected chi connectivity index (χ3v) is 7.20. The van der Waals surface area contributed by atoms with Crippen LogP contribution in [0.5, 0.6) is 5.75 Å². The van der Waals surface area contributed by atoms with Crippen molar-refractivity contribution in [2.24, 2.45) is 5.92 Å². The van der Waals surface area contributed by atoms with E-state index in [2.05, 4.69) is 22.2 Å². The van der Waals surface area contributed by atoms with Crippen LogP contribution in [0.15, 0.2) is 35.6 Å². The summed E-state index contributed by atoms with van der Waals surface area (Å²) in [6, 6.07) is 7.71. The van der Waals surface area contributed by atoms with E-state index >= 15 is 0 Å². The Hall–Kier alpha value is -2.12. The fourth-order valence-electron chi connectivity index (χ4n) is 3.48. The lowest BCUT2D eigenvalue weighted by Gasteiger charge is -2.18. The molecule has 0 saturated heterocycles. The molecule has 1 aromatic carbocycles. The summed E-state index contributed by atoms with van der Waals surface area (Å²) in [6.45, 7) is 2.82. The number of rotatable bonds is 6. The van der Waals surface area contributed by atoms with E-state index in [0.717, 1.165) is 39.9 Å². The number of methoxy groups -OCH3 is 1. The molecule has 2 aromatic heterocycles. The van der Waals surface area contributed by atoms with Gasteiger partial charge in [-0.1, -0.05) is 30.8 Å². The van der Waals surface area contributed by atoms with Gasteiger partial charge >= 0.3 is 0 Å². The van der Waals surface area contributed by atoms with Gasteiger partial charge in [0.1, 0.15) is 21.9 Å². The lowest BCUT2D eigenvalue weighted by atomic mass is 9.89. The summed E-state index contributed by atoms with van der Waals surface area (Å²) in [5.41, 5.74) is 2.45. The lowest BCUT2D eigenvalue weighted by Crippen LogP contribution is -2.24. The van der Waals surface area contributed by atoms with Crippen molar-refractivity contribution in [1.82, 2.24) is 15.3 Å². The van der Waals surface area contributed by atoms with Crippen LogP contribution < -0.4 is 10.1 Å². The molecule has 5 nitrogen and oxygen atoms in total. The minimum Gasteiger partial charge on any atom is -0.497 e. The summed E-state index contributed by atoms with van der Waals surface area (Å²) < 4.78 is 5.15. The summed E-state index contributed by atoms with van der Waals surface area (Å²) in [5.74, 6) is 1.90. The van der Waals surface area contributed by atoms with E-state index in [1.807, 2.05) is 24.3 Å². The number of aromatic nitrogens is 2. The van der Waals surface area contributed by atoms with Crippen LogP contribution in [0.25, 0.3) is 10.2 Å². The number of thioether (sulfide) groups is 1. The van der Waals surface area contributed by atoms with Gasteiger partial charge in [0.05, 0.1) is 12.9 Å². The molecule has 1 aliphatic rings. The van der Waals surface area contributed by atoms with E-state index in [1.54, 1.807) is 24.8 Å². The third kappa shape index (κ3) is 4.15. The minimum atomic E-state index is 0.00491. The first-order valence-corrected chi connectivity index (χ1v) is 11.2. The van der Waals surface area contributed by atoms with E-state index in [-0.39, 0.29) is 5.91 Å². The number of carbonyl (C=O) groups is 1. The zero-order valence-electron chi connectivity index (χ0n) is 16.0. The molecule has 4 rings (SSSR count). The van der Waals surface area contributed by atoms with Gasteiger partial charge < -0.3 is 10.1 Å². The van der Waals surface area contributed by atoms with Gasteiger partial charge in [-0.15, -0.1) is 11.3 Å². The molecule has 2 heterocycles. The molecule has 1 unspecified atom stereocenters. The van der Waals surface area contributed by atoms with E-state index < -0.39 is 0 Å². The molecule has 1 N–H and O–H groups in total. The minimum absolute atomic E-state index is 0.00491. The fourth-order valence-corrected chi connectivity index (χ4v) is 5.76. The van der Waals surface area contributed by atoms with Crippen molar-refractivity contribution in [2.75, 3.05) is 12.9 Å². The number of amides is 1. The number of hydrogen-bond donors (Lipinski definition) is 1. The van der Waals surface area contributed by atoms with Crippen LogP contribution in [0.2, 0.25) is 0 Å². The molecule has 28 heavy (non-hydrogen) atoms. The van der Waals surface area contributed by atoms with Crippen LogP contribution >= 0.6 is 23.1 Å². The first kappa shape index (κ1) is 19.2. The molecule has 1 atom stereocenters. The monoisotopic (exact) mass is 413 g/mol. The number of nitrogens with one attached hydrogen (secondary N) is 1. The number of nitrogens with zero attached hydrogens (tertiary/aromatic N) is 2. The van der Waals surface area contributed by atoms with Crippen LogP contribution in [0, 0.1) is 5.92 Å². The van der Waals surface area contributed by atoms with Crippen molar-refractivity contribution >= 4 is 39.2 Å².